The Morgan fingerprint density at radius 1 is 1.26 bits per heavy atom. The van der Waals surface area contributed by atoms with Gasteiger partial charge in [-0.15, -0.1) is 11.3 Å². The van der Waals surface area contributed by atoms with Crippen molar-refractivity contribution in [1.29, 1.82) is 0 Å². The van der Waals surface area contributed by atoms with Gasteiger partial charge in [-0.3, -0.25) is 9.20 Å². The maximum absolute atomic E-state index is 12.5. The van der Waals surface area contributed by atoms with Crippen molar-refractivity contribution in [2.24, 2.45) is 0 Å². The molecule has 0 saturated heterocycles. The van der Waals surface area contributed by atoms with Crippen molar-refractivity contribution >= 4 is 39.5 Å². The monoisotopic (exact) mass is 397 g/mol. The number of ether oxygens (including phenoxy) is 1. The number of anilines is 1. The van der Waals surface area contributed by atoms with Crippen LogP contribution in [0.25, 0.3) is 16.2 Å². The van der Waals surface area contributed by atoms with Gasteiger partial charge in [-0.1, -0.05) is 41.9 Å². The molecule has 1 amide bonds. The molecule has 0 atom stereocenters. The van der Waals surface area contributed by atoms with Crippen molar-refractivity contribution in [3.8, 4) is 17.0 Å². The van der Waals surface area contributed by atoms with Gasteiger partial charge in [0.2, 0.25) is 5.91 Å². The summed E-state index contributed by atoms with van der Waals surface area (Å²) in [6.07, 6.45) is 2.18. The number of methoxy groups -OCH3 is 1. The zero-order chi connectivity index (χ0) is 18.8. The molecule has 136 valence electrons. The van der Waals surface area contributed by atoms with Gasteiger partial charge in [-0.2, -0.15) is 0 Å². The molecule has 2 aromatic carbocycles. The lowest BCUT2D eigenvalue weighted by Crippen LogP contribution is -2.15. The molecule has 5 nitrogen and oxygen atoms in total. The Balaban J connectivity index is 1.56. The molecule has 27 heavy (non-hydrogen) atoms. The summed E-state index contributed by atoms with van der Waals surface area (Å²) in [5.41, 5.74) is 3.37. The third kappa shape index (κ3) is 3.67. The van der Waals surface area contributed by atoms with Crippen molar-refractivity contribution < 1.29 is 9.53 Å². The van der Waals surface area contributed by atoms with E-state index in [1.165, 1.54) is 11.3 Å². The fraction of sp³-hybridized carbons (Fsp3) is 0.100. The molecule has 7 heteroatoms. The fourth-order valence-electron chi connectivity index (χ4n) is 2.84. The Morgan fingerprint density at radius 3 is 2.85 bits per heavy atom. The first-order valence-electron chi connectivity index (χ1n) is 8.28. The minimum atomic E-state index is -0.148. The van der Waals surface area contributed by atoms with Crippen LogP contribution in [0.4, 0.5) is 5.69 Å². The molecule has 4 rings (SSSR count). The molecule has 2 aromatic heterocycles. The van der Waals surface area contributed by atoms with E-state index in [0.29, 0.717) is 16.5 Å². The number of fused-ring (bicyclic) bond motifs is 1. The van der Waals surface area contributed by atoms with Gasteiger partial charge in [0.15, 0.2) is 4.96 Å². The van der Waals surface area contributed by atoms with Crippen LogP contribution in [0.3, 0.4) is 0 Å². The minimum absolute atomic E-state index is 0.148. The average Bonchev–Trinajstić information content (AvgIpc) is 3.25. The summed E-state index contributed by atoms with van der Waals surface area (Å²) in [7, 11) is 1.55. The van der Waals surface area contributed by atoms with Crippen LogP contribution < -0.4 is 10.1 Å². The lowest BCUT2D eigenvalue weighted by Gasteiger charge is -2.10. The van der Waals surface area contributed by atoms with Crippen LogP contribution in [0.5, 0.6) is 5.75 Å². The number of halogens is 1. The van der Waals surface area contributed by atoms with Crippen LogP contribution >= 0.6 is 22.9 Å². The Labute approximate surface area is 165 Å². The Bertz CT molecular complexity index is 1110. The number of benzene rings is 2. The molecule has 0 unspecified atom stereocenters. The van der Waals surface area contributed by atoms with E-state index < -0.39 is 0 Å². The van der Waals surface area contributed by atoms with E-state index in [9.17, 15) is 4.79 Å². The van der Waals surface area contributed by atoms with E-state index in [1.807, 2.05) is 46.3 Å². The summed E-state index contributed by atoms with van der Waals surface area (Å²) in [6.45, 7) is 0. The van der Waals surface area contributed by atoms with Gasteiger partial charge >= 0.3 is 0 Å². The van der Waals surface area contributed by atoms with Crippen molar-refractivity contribution in [2.45, 2.75) is 6.42 Å². The van der Waals surface area contributed by atoms with Crippen molar-refractivity contribution in [2.75, 3.05) is 12.4 Å². The second-order valence-corrected chi connectivity index (χ2v) is 7.21. The average molecular weight is 398 g/mol. The molecule has 1 N–H and O–H groups in total. The second kappa shape index (κ2) is 7.42. The highest BCUT2D eigenvalue weighted by Crippen LogP contribution is 2.28. The predicted molar refractivity (Wildman–Crippen MR) is 109 cm³/mol. The fourth-order valence-corrected chi connectivity index (χ4v) is 3.89. The maximum atomic E-state index is 12.5. The molecule has 0 fully saturated rings. The molecule has 0 spiro atoms. The first-order chi connectivity index (χ1) is 13.1. The van der Waals surface area contributed by atoms with Gasteiger partial charge in [-0.25, -0.2) is 4.98 Å². The minimum Gasteiger partial charge on any atom is -0.495 e. The standard InChI is InChI=1S/C20H16ClN3O2S/c1-26-18-8-7-14(21)9-16(18)22-19(25)10-15-12-27-20-23-17(11-24(15)20)13-5-3-2-4-6-13/h2-9,11-12H,10H2,1H3,(H,22,25). The number of thiazole rings is 1. The van der Waals surface area contributed by atoms with Crippen LogP contribution in [-0.4, -0.2) is 22.4 Å². The highest BCUT2D eigenvalue weighted by atomic mass is 35.5. The van der Waals surface area contributed by atoms with Crippen molar-refractivity contribution in [3.63, 3.8) is 0 Å². The zero-order valence-electron chi connectivity index (χ0n) is 14.5. The summed E-state index contributed by atoms with van der Waals surface area (Å²) in [5, 5.41) is 5.35. The zero-order valence-corrected chi connectivity index (χ0v) is 16.1. The van der Waals surface area contributed by atoms with E-state index in [-0.39, 0.29) is 12.3 Å². The van der Waals surface area contributed by atoms with E-state index in [2.05, 4.69) is 10.3 Å². The van der Waals surface area contributed by atoms with Gasteiger partial charge in [0.25, 0.3) is 0 Å². The molecular weight excluding hydrogens is 382 g/mol. The molecule has 0 aliphatic rings. The largest absolute Gasteiger partial charge is 0.495 e. The van der Waals surface area contributed by atoms with Gasteiger partial charge < -0.3 is 10.1 Å². The first-order valence-corrected chi connectivity index (χ1v) is 9.54. The van der Waals surface area contributed by atoms with E-state index >= 15 is 0 Å². The van der Waals surface area contributed by atoms with Crippen LogP contribution in [0.15, 0.2) is 60.1 Å². The number of hydrogen-bond acceptors (Lipinski definition) is 4. The summed E-state index contributed by atoms with van der Waals surface area (Å²) in [6, 6.07) is 15.1. The number of rotatable bonds is 5. The molecule has 0 aliphatic heterocycles. The van der Waals surface area contributed by atoms with Gasteiger partial charge in [0.1, 0.15) is 5.75 Å². The van der Waals surface area contributed by atoms with E-state index in [4.69, 9.17) is 16.3 Å². The number of carbonyl (C=O) groups excluding carboxylic acids is 1. The molecule has 0 aliphatic carbocycles. The molecule has 4 aromatic rings. The Kier molecular flexibility index (Phi) is 4.83. The van der Waals surface area contributed by atoms with Crippen LogP contribution in [0.2, 0.25) is 5.02 Å². The summed E-state index contributed by atoms with van der Waals surface area (Å²) in [4.78, 5) is 18.0. The predicted octanol–water partition coefficient (Wildman–Crippen LogP) is 4.91. The maximum Gasteiger partial charge on any atom is 0.230 e. The topological polar surface area (TPSA) is 55.6 Å². The second-order valence-electron chi connectivity index (χ2n) is 5.94. The van der Waals surface area contributed by atoms with Crippen molar-refractivity contribution in [3.05, 3.63) is 70.8 Å². The Hall–Kier alpha value is -2.83. The molecule has 0 bridgehead atoms. The molecule has 0 radical (unpaired) electrons. The smallest absolute Gasteiger partial charge is 0.230 e. The first kappa shape index (κ1) is 17.6. The number of carbonyl (C=O) groups is 1. The summed E-state index contributed by atoms with van der Waals surface area (Å²) in [5.74, 6) is 0.419. The van der Waals surface area contributed by atoms with Crippen molar-refractivity contribution in [1.82, 2.24) is 9.38 Å². The number of amides is 1. The van der Waals surface area contributed by atoms with Crippen LogP contribution in [0, 0.1) is 0 Å². The lowest BCUT2D eigenvalue weighted by atomic mass is 10.2. The number of imidazole rings is 1. The van der Waals surface area contributed by atoms with Crippen LogP contribution in [0.1, 0.15) is 5.69 Å². The van der Waals surface area contributed by atoms with Crippen LogP contribution in [-0.2, 0) is 11.2 Å². The van der Waals surface area contributed by atoms with Gasteiger partial charge in [0.05, 0.1) is 24.9 Å². The number of nitrogens with one attached hydrogen (secondary N) is 1. The Morgan fingerprint density at radius 2 is 2.07 bits per heavy atom. The van der Waals surface area contributed by atoms with E-state index in [0.717, 1.165) is 21.9 Å². The SMILES string of the molecule is COc1ccc(Cl)cc1NC(=O)Cc1csc2nc(-c3ccccc3)cn12. The van der Waals surface area contributed by atoms with Gasteiger partial charge in [-0.05, 0) is 18.2 Å². The summed E-state index contributed by atoms with van der Waals surface area (Å²) >= 11 is 7.54. The number of hydrogen-bond donors (Lipinski definition) is 1. The molecule has 2 heterocycles. The lowest BCUT2D eigenvalue weighted by molar-refractivity contribution is -0.115. The quantitative estimate of drug-likeness (QED) is 0.520. The number of nitrogens with zero attached hydrogens (tertiary/aromatic N) is 2. The van der Waals surface area contributed by atoms with Gasteiger partial charge in [0, 0.05) is 27.9 Å². The third-order valence-corrected chi connectivity index (χ3v) is 5.25. The number of aromatic nitrogens is 2. The highest BCUT2D eigenvalue weighted by molar-refractivity contribution is 7.15. The normalized spacial score (nSPS) is 10.9. The highest BCUT2D eigenvalue weighted by Gasteiger charge is 2.14. The molecule has 0 saturated carbocycles. The summed E-state index contributed by atoms with van der Waals surface area (Å²) < 4.78 is 7.23. The third-order valence-electron chi connectivity index (χ3n) is 4.13. The molecular formula is C20H16ClN3O2S. The van der Waals surface area contributed by atoms with E-state index in [1.54, 1.807) is 25.3 Å².